The second-order valence-electron chi connectivity index (χ2n) is 4.23. The Morgan fingerprint density at radius 3 is 2.58 bits per heavy atom. The highest BCUT2D eigenvalue weighted by molar-refractivity contribution is 5.85. The molecule has 0 aliphatic heterocycles. The molecule has 0 aromatic heterocycles. The topological polar surface area (TPSA) is 81.4 Å². The predicted molar refractivity (Wildman–Crippen MR) is 72.4 cm³/mol. The summed E-state index contributed by atoms with van der Waals surface area (Å²) >= 11 is 0. The van der Waals surface area contributed by atoms with Crippen molar-refractivity contribution in [2.45, 2.75) is 25.3 Å². The van der Waals surface area contributed by atoms with Crippen molar-refractivity contribution >= 4 is 11.9 Å². The van der Waals surface area contributed by atoms with Crippen LogP contribution in [0.25, 0.3) is 0 Å². The number of nitrogens with one attached hydrogen (secondary N) is 1. The monoisotopic (exact) mass is 264 g/mol. The number of esters is 1. The van der Waals surface area contributed by atoms with Crippen LogP contribution in [0.3, 0.4) is 0 Å². The lowest BCUT2D eigenvalue weighted by molar-refractivity contribution is -0.145. The fourth-order valence-electron chi connectivity index (χ4n) is 1.80. The highest BCUT2D eigenvalue weighted by Gasteiger charge is 2.20. The Morgan fingerprint density at radius 1 is 1.32 bits per heavy atom. The lowest BCUT2D eigenvalue weighted by Gasteiger charge is -2.15. The molecule has 1 rings (SSSR count). The van der Waals surface area contributed by atoms with E-state index in [1.807, 2.05) is 30.3 Å². The van der Waals surface area contributed by atoms with Gasteiger partial charge in [-0.15, -0.1) is 0 Å². The van der Waals surface area contributed by atoms with Gasteiger partial charge in [-0.1, -0.05) is 30.3 Å². The van der Waals surface area contributed by atoms with Gasteiger partial charge < -0.3 is 15.8 Å². The molecule has 0 unspecified atom stereocenters. The van der Waals surface area contributed by atoms with Gasteiger partial charge in [0.05, 0.1) is 13.7 Å². The highest BCUT2D eigenvalue weighted by Crippen LogP contribution is 2.07. The molecule has 0 fully saturated rings. The van der Waals surface area contributed by atoms with E-state index in [0.29, 0.717) is 6.42 Å². The van der Waals surface area contributed by atoms with Gasteiger partial charge in [-0.05, 0) is 24.8 Å². The molecular weight excluding hydrogens is 244 g/mol. The number of aryl methyl sites for hydroxylation is 1. The number of rotatable bonds is 7. The first-order valence-electron chi connectivity index (χ1n) is 6.28. The number of hydrogen-bond acceptors (Lipinski definition) is 4. The van der Waals surface area contributed by atoms with Crippen molar-refractivity contribution in [3.05, 3.63) is 35.9 Å². The van der Waals surface area contributed by atoms with E-state index in [0.717, 1.165) is 12.8 Å². The van der Waals surface area contributed by atoms with Crippen molar-refractivity contribution in [1.82, 2.24) is 5.32 Å². The number of carbonyl (C=O) groups excluding carboxylic acids is 2. The third-order valence-electron chi connectivity index (χ3n) is 2.81. The largest absolute Gasteiger partial charge is 0.467 e. The summed E-state index contributed by atoms with van der Waals surface area (Å²) in [5.74, 6) is -0.787. The Kier molecular flexibility index (Phi) is 6.60. The first kappa shape index (κ1) is 15.2. The second-order valence-corrected chi connectivity index (χ2v) is 4.23. The zero-order valence-corrected chi connectivity index (χ0v) is 11.1. The molecule has 0 aliphatic carbocycles. The molecule has 104 valence electrons. The summed E-state index contributed by atoms with van der Waals surface area (Å²) in [5, 5.41) is 2.57. The fraction of sp³-hybridized carbons (Fsp3) is 0.429. The van der Waals surface area contributed by atoms with Crippen molar-refractivity contribution in [2.75, 3.05) is 13.7 Å². The summed E-state index contributed by atoms with van der Waals surface area (Å²) < 4.78 is 4.67. The van der Waals surface area contributed by atoms with Crippen LogP contribution in [0.15, 0.2) is 30.3 Å². The van der Waals surface area contributed by atoms with E-state index in [9.17, 15) is 9.59 Å². The first-order valence-corrected chi connectivity index (χ1v) is 6.28. The number of carbonyl (C=O) groups is 2. The number of amides is 1. The number of hydrogen-bond donors (Lipinski definition) is 2. The minimum atomic E-state index is -0.621. The van der Waals surface area contributed by atoms with E-state index >= 15 is 0 Å². The standard InChI is InChI=1S/C14H20N2O3/c1-19-14(18)12(16-13(17)10-15)9-5-8-11-6-3-2-4-7-11/h2-4,6-7,12H,5,8-10,15H2,1H3,(H,16,17)/t12-/m0/s1. The molecule has 5 nitrogen and oxygen atoms in total. The number of benzene rings is 1. The van der Waals surface area contributed by atoms with E-state index in [1.54, 1.807) is 0 Å². The van der Waals surface area contributed by atoms with E-state index in [-0.39, 0.29) is 12.5 Å². The number of methoxy groups -OCH3 is 1. The van der Waals surface area contributed by atoms with Crippen LogP contribution in [0.4, 0.5) is 0 Å². The molecule has 1 aromatic rings. The third kappa shape index (κ3) is 5.52. The molecule has 1 amide bonds. The Bertz CT molecular complexity index is 406. The second kappa shape index (κ2) is 8.26. The van der Waals surface area contributed by atoms with Crippen LogP contribution in [-0.2, 0) is 20.7 Å². The van der Waals surface area contributed by atoms with E-state index in [2.05, 4.69) is 10.1 Å². The summed E-state index contributed by atoms with van der Waals surface area (Å²) in [5.41, 5.74) is 6.42. The Balaban J connectivity index is 2.44. The Morgan fingerprint density at radius 2 is 2.00 bits per heavy atom. The van der Waals surface area contributed by atoms with Crippen LogP contribution in [0, 0.1) is 0 Å². The summed E-state index contributed by atoms with van der Waals surface area (Å²) in [6, 6.07) is 9.36. The molecular formula is C14H20N2O3. The number of nitrogens with two attached hydrogens (primary N) is 1. The maximum absolute atomic E-state index is 11.5. The Hall–Kier alpha value is -1.88. The third-order valence-corrected chi connectivity index (χ3v) is 2.81. The molecule has 19 heavy (non-hydrogen) atoms. The molecule has 1 atom stereocenters. The normalized spacial score (nSPS) is 11.7. The van der Waals surface area contributed by atoms with Crippen LogP contribution in [-0.4, -0.2) is 31.6 Å². The van der Waals surface area contributed by atoms with Gasteiger partial charge in [0.25, 0.3) is 0 Å². The maximum atomic E-state index is 11.5. The van der Waals surface area contributed by atoms with Gasteiger partial charge in [0.15, 0.2) is 0 Å². The summed E-state index contributed by atoms with van der Waals surface area (Å²) in [7, 11) is 1.31. The molecule has 0 saturated heterocycles. The lowest BCUT2D eigenvalue weighted by atomic mass is 10.0. The van der Waals surface area contributed by atoms with E-state index < -0.39 is 12.0 Å². The average molecular weight is 264 g/mol. The van der Waals surface area contributed by atoms with Crippen molar-refractivity contribution in [1.29, 1.82) is 0 Å². The molecule has 1 aromatic carbocycles. The quantitative estimate of drug-likeness (QED) is 0.708. The minimum absolute atomic E-state index is 0.133. The van der Waals surface area contributed by atoms with Crippen LogP contribution in [0.2, 0.25) is 0 Å². The van der Waals surface area contributed by atoms with Gasteiger partial charge in [0.2, 0.25) is 5.91 Å². The molecule has 0 spiro atoms. The zero-order valence-electron chi connectivity index (χ0n) is 11.1. The van der Waals surface area contributed by atoms with Gasteiger partial charge >= 0.3 is 5.97 Å². The van der Waals surface area contributed by atoms with Gasteiger partial charge in [-0.3, -0.25) is 4.79 Å². The van der Waals surface area contributed by atoms with Crippen molar-refractivity contribution in [2.24, 2.45) is 5.73 Å². The van der Waals surface area contributed by atoms with Gasteiger partial charge in [-0.2, -0.15) is 0 Å². The molecule has 0 heterocycles. The van der Waals surface area contributed by atoms with Crippen molar-refractivity contribution < 1.29 is 14.3 Å². The number of ether oxygens (including phenoxy) is 1. The van der Waals surface area contributed by atoms with Crippen LogP contribution in [0.5, 0.6) is 0 Å². The van der Waals surface area contributed by atoms with Crippen LogP contribution < -0.4 is 11.1 Å². The zero-order chi connectivity index (χ0) is 14.1. The molecule has 0 radical (unpaired) electrons. The summed E-state index contributed by atoms with van der Waals surface area (Å²) in [6.07, 6.45) is 2.18. The molecule has 0 saturated carbocycles. The van der Waals surface area contributed by atoms with Gasteiger partial charge in [-0.25, -0.2) is 4.79 Å². The molecule has 3 N–H and O–H groups in total. The van der Waals surface area contributed by atoms with E-state index in [4.69, 9.17) is 5.73 Å². The van der Waals surface area contributed by atoms with Crippen molar-refractivity contribution in [3.63, 3.8) is 0 Å². The highest BCUT2D eigenvalue weighted by atomic mass is 16.5. The SMILES string of the molecule is COC(=O)[C@H](CCCc1ccccc1)NC(=O)CN. The minimum Gasteiger partial charge on any atom is -0.467 e. The average Bonchev–Trinajstić information content (AvgIpc) is 2.46. The van der Waals surface area contributed by atoms with Gasteiger partial charge in [0, 0.05) is 0 Å². The fourth-order valence-corrected chi connectivity index (χ4v) is 1.80. The first-order chi connectivity index (χ1) is 9.17. The maximum Gasteiger partial charge on any atom is 0.328 e. The lowest BCUT2D eigenvalue weighted by Crippen LogP contribution is -2.44. The van der Waals surface area contributed by atoms with Crippen LogP contribution in [0.1, 0.15) is 18.4 Å². The van der Waals surface area contributed by atoms with E-state index in [1.165, 1.54) is 12.7 Å². The summed E-state index contributed by atoms with van der Waals surface area (Å²) in [4.78, 5) is 22.8. The molecule has 0 aliphatic rings. The Labute approximate surface area is 113 Å². The van der Waals surface area contributed by atoms with Crippen LogP contribution >= 0.6 is 0 Å². The van der Waals surface area contributed by atoms with Crippen molar-refractivity contribution in [3.8, 4) is 0 Å². The predicted octanol–water partition coefficient (Wildman–Crippen LogP) is 0.626. The van der Waals surface area contributed by atoms with Gasteiger partial charge in [0.1, 0.15) is 6.04 Å². The molecule has 0 bridgehead atoms. The summed E-state index contributed by atoms with van der Waals surface area (Å²) in [6.45, 7) is -0.133. The molecule has 5 heteroatoms. The smallest absolute Gasteiger partial charge is 0.328 e.